The van der Waals surface area contributed by atoms with Crippen molar-refractivity contribution in [1.82, 2.24) is 14.9 Å². The van der Waals surface area contributed by atoms with E-state index in [0.717, 1.165) is 22.0 Å². The number of aromatic nitrogens is 2. The minimum absolute atomic E-state index is 0.135. The number of rotatable bonds is 5. The van der Waals surface area contributed by atoms with Crippen LogP contribution in [0, 0.1) is 13.8 Å². The average molecular weight is 254 g/mol. The Morgan fingerprint density at radius 1 is 1.65 bits per heavy atom. The number of primary amides is 1. The van der Waals surface area contributed by atoms with Gasteiger partial charge in [-0.25, -0.2) is 4.98 Å². The maximum Gasteiger partial charge on any atom is 0.245 e. The van der Waals surface area contributed by atoms with E-state index in [9.17, 15) is 4.79 Å². The molecule has 0 aromatic carbocycles. The van der Waals surface area contributed by atoms with Crippen LogP contribution in [0.4, 0.5) is 0 Å². The standard InChI is InChI=1S/C10H14N4O2S/c1-6-5-17-10-13-7(2)8(14(6)10)3-12-16-4-9(11)15/h5,12H,3-4H2,1-2H3,(H2,11,15). The Morgan fingerprint density at radius 3 is 3.12 bits per heavy atom. The SMILES string of the molecule is Cc1nc2scc(C)n2c1CNOCC(N)=O. The van der Waals surface area contributed by atoms with Gasteiger partial charge in [0.05, 0.1) is 17.9 Å². The Bertz CT molecular complexity index is 546. The van der Waals surface area contributed by atoms with Crippen molar-refractivity contribution in [3.05, 3.63) is 22.5 Å². The van der Waals surface area contributed by atoms with Crippen molar-refractivity contribution in [1.29, 1.82) is 0 Å². The maximum atomic E-state index is 10.5. The quantitative estimate of drug-likeness (QED) is 0.602. The Labute approximate surface area is 102 Å². The number of carbonyl (C=O) groups excluding carboxylic acids is 1. The van der Waals surface area contributed by atoms with E-state index >= 15 is 0 Å². The predicted molar refractivity (Wildman–Crippen MR) is 64.5 cm³/mol. The summed E-state index contributed by atoms with van der Waals surface area (Å²) in [6.07, 6.45) is 0. The summed E-state index contributed by atoms with van der Waals surface area (Å²) in [7, 11) is 0. The minimum atomic E-state index is -0.501. The number of thiazole rings is 1. The van der Waals surface area contributed by atoms with Gasteiger partial charge in [-0.05, 0) is 13.8 Å². The monoisotopic (exact) mass is 254 g/mol. The number of fused-ring (bicyclic) bond motifs is 1. The smallest absolute Gasteiger partial charge is 0.245 e. The van der Waals surface area contributed by atoms with Crippen molar-refractivity contribution in [3.8, 4) is 0 Å². The molecule has 0 fully saturated rings. The fourth-order valence-corrected chi connectivity index (χ4v) is 2.55. The Balaban J connectivity index is 2.09. The molecule has 0 saturated heterocycles. The van der Waals surface area contributed by atoms with Crippen molar-refractivity contribution in [2.75, 3.05) is 6.61 Å². The molecule has 0 radical (unpaired) electrons. The van der Waals surface area contributed by atoms with E-state index in [-0.39, 0.29) is 6.61 Å². The van der Waals surface area contributed by atoms with Gasteiger partial charge >= 0.3 is 0 Å². The largest absolute Gasteiger partial charge is 0.368 e. The third-order valence-corrected chi connectivity index (χ3v) is 3.33. The summed E-state index contributed by atoms with van der Waals surface area (Å²) in [4.78, 5) is 20.8. The second-order valence-electron chi connectivity index (χ2n) is 3.72. The summed E-state index contributed by atoms with van der Waals surface area (Å²) in [5.74, 6) is -0.501. The summed E-state index contributed by atoms with van der Waals surface area (Å²) >= 11 is 1.60. The molecule has 0 aliphatic heterocycles. The second-order valence-corrected chi connectivity index (χ2v) is 4.55. The van der Waals surface area contributed by atoms with Crippen LogP contribution in [0.5, 0.6) is 0 Å². The number of carbonyl (C=O) groups is 1. The Hall–Kier alpha value is -1.44. The molecular formula is C10H14N4O2S. The number of nitrogens with one attached hydrogen (secondary N) is 1. The lowest BCUT2D eigenvalue weighted by Gasteiger charge is -2.05. The lowest BCUT2D eigenvalue weighted by Crippen LogP contribution is -2.25. The molecule has 92 valence electrons. The van der Waals surface area contributed by atoms with Crippen LogP contribution in [0.3, 0.4) is 0 Å². The molecule has 0 aliphatic carbocycles. The fraction of sp³-hybridized carbons (Fsp3) is 0.400. The van der Waals surface area contributed by atoms with E-state index in [0.29, 0.717) is 6.54 Å². The van der Waals surface area contributed by atoms with E-state index in [1.165, 1.54) is 0 Å². The molecule has 0 atom stereocenters. The van der Waals surface area contributed by atoms with Crippen molar-refractivity contribution in [2.24, 2.45) is 5.73 Å². The number of nitrogens with two attached hydrogens (primary N) is 1. The molecular weight excluding hydrogens is 240 g/mol. The highest BCUT2D eigenvalue weighted by molar-refractivity contribution is 7.15. The molecule has 0 unspecified atom stereocenters. The van der Waals surface area contributed by atoms with Crippen LogP contribution >= 0.6 is 11.3 Å². The van der Waals surface area contributed by atoms with Gasteiger partial charge in [0, 0.05) is 11.1 Å². The first-order valence-corrected chi connectivity index (χ1v) is 6.02. The van der Waals surface area contributed by atoms with Crippen LogP contribution in [0.15, 0.2) is 5.38 Å². The molecule has 0 saturated carbocycles. The molecule has 0 bridgehead atoms. The molecule has 1 amide bonds. The summed E-state index contributed by atoms with van der Waals surface area (Å²) in [6.45, 7) is 4.32. The number of hydrogen-bond acceptors (Lipinski definition) is 5. The van der Waals surface area contributed by atoms with Gasteiger partial charge in [0.15, 0.2) is 4.96 Å². The van der Waals surface area contributed by atoms with Gasteiger partial charge in [-0.2, -0.15) is 5.48 Å². The number of hydrogen-bond donors (Lipinski definition) is 2. The lowest BCUT2D eigenvalue weighted by molar-refractivity contribution is -0.125. The van der Waals surface area contributed by atoms with E-state index in [1.54, 1.807) is 11.3 Å². The molecule has 2 heterocycles. The first-order chi connectivity index (χ1) is 8.09. The van der Waals surface area contributed by atoms with Crippen molar-refractivity contribution >= 4 is 22.2 Å². The molecule has 3 N–H and O–H groups in total. The number of amides is 1. The van der Waals surface area contributed by atoms with E-state index in [2.05, 4.69) is 20.2 Å². The molecule has 2 aromatic heterocycles. The predicted octanol–water partition coefficient (Wildman–Crippen LogP) is 0.519. The van der Waals surface area contributed by atoms with Gasteiger partial charge in [-0.15, -0.1) is 11.3 Å². The van der Waals surface area contributed by atoms with Gasteiger partial charge in [-0.3, -0.25) is 14.0 Å². The van der Waals surface area contributed by atoms with Crippen LogP contribution in [0.25, 0.3) is 4.96 Å². The fourth-order valence-electron chi connectivity index (χ4n) is 1.62. The number of imidazole rings is 1. The molecule has 6 nitrogen and oxygen atoms in total. The zero-order chi connectivity index (χ0) is 12.4. The average Bonchev–Trinajstić information content (AvgIpc) is 2.75. The highest BCUT2D eigenvalue weighted by Crippen LogP contribution is 2.20. The van der Waals surface area contributed by atoms with Crippen molar-refractivity contribution in [2.45, 2.75) is 20.4 Å². The topological polar surface area (TPSA) is 81.7 Å². The second kappa shape index (κ2) is 4.82. The molecule has 0 aliphatic rings. The minimum Gasteiger partial charge on any atom is -0.368 e. The van der Waals surface area contributed by atoms with E-state index in [1.807, 2.05) is 13.8 Å². The van der Waals surface area contributed by atoms with Crippen LogP contribution in [0.2, 0.25) is 0 Å². The highest BCUT2D eigenvalue weighted by Gasteiger charge is 2.11. The van der Waals surface area contributed by atoms with Gasteiger partial charge in [-0.1, -0.05) is 0 Å². The van der Waals surface area contributed by atoms with Crippen LogP contribution in [-0.2, 0) is 16.2 Å². The summed E-state index contributed by atoms with van der Waals surface area (Å²) in [5, 5.41) is 2.05. The van der Waals surface area contributed by atoms with Crippen molar-refractivity contribution < 1.29 is 9.63 Å². The third kappa shape index (κ3) is 2.46. The number of nitrogens with zero attached hydrogens (tertiary/aromatic N) is 2. The lowest BCUT2D eigenvalue weighted by atomic mass is 10.3. The summed E-state index contributed by atoms with van der Waals surface area (Å²) in [5.41, 5.74) is 10.8. The Morgan fingerprint density at radius 2 is 2.41 bits per heavy atom. The maximum absolute atomic E-state index is 10.5. The molecule has 2 aromatic rings. The zero-order valence-electron chi connectivity index (χ0n) is 9.69. The first kappa shape index (κ1) is 12.0. The van der Waals surface area contributed by atoms with Crippen LogP contribution < -0.4 is 11.2 Å². The van der Waals surface area contributed by atoms with E-state index < -0.39 is 5.91 Å². The normalized spacial score (nSPS) is 11.2. The first-order valence-electron chi connectivity index (χ1n) is 5.14. The summed E-state index contributed by atoms with van der Waals surface area (Å²) in [6, 6.07) is 0. The molecule has 17 heavy (non-hydrogen) atoms. The molecule has 0 spiro atoms. The molecule has 7 heteroatoms. The Kier molecular flexibility index (Phi) is 3.41. The van der Waals surface area contributed by atoms with Crippen molar-refractivity contribution in [3.63, 3.8) is 0 Å². The van der Waals surface area contributed by atoms with Gasteiger partial charge in [0.25, 0.3) is 0 Å². The summed E-state index contributed by atoms with van der Waals surface area (Å²) < 4.78 is 2.07. The highest BCUT2D eigenvalue weighted by atomic mass is 32.1. The number of hydroxylamine groups is 1. The molecule has 2 rings (SSSR count). The van der Waals surface area contributed by atoms with Crippen LogP contribution in [0.1, 0.15) is 17.1 Å². The van der Waals surface area contributed by atoms with Gasteiger partial charge in [0.1, 0.15) is 6.61 Å². The van der Waals surface area contributed by atoms with Gasteiger partial charge < -0.3 is 5.73 Å². The number of aryl methyl sites for hydroxylation is 2. The van der Waals surface area contributed by atoms with Crippen LogP contribution in [-0.4, -0.2) is 21.9 Å². The third-order valence-electron chi connectivity index (χ3n) is 2.39. The van der Waals surface area contributed by atoms with E-state index in [4.69, 9.17) is 10.6 Å². The zero-order valence-corrected chi connectivity index (χ0v) is 10.5. The van der Waals surface area contributed by atoms with Gasteiger partial charge in [0.2, 0.25) is 5.91 Å².